The first-order valence-corrected chi connectivity index (χ1v) is 6.79. The molecule has 0 aromatic carbocycles. The van der Waals surface area contributed by atoms with Crippen molar-refractivity contribution in [1.29, 1.82) is 0 Å². The van der Waals surface area contributed by atoms with Crippen molar-refractivity contribution < 1.29 is 13.9 Å². The highest BCUT2D eigenvalue weighted by Gasteiger charge is 2.29. The molecule has 102 valence electrons. The molecular formula is C13H25F2NO. The van der Waals surface area contributed by atoms with E-state index in [9.17, 15) is 8.78 Å². The van der Waals surface area contributed by atoms with E-state index in [0.29, 0.717) is 0 Å². The highest BCUT2D eigenvalue weighted by Crippen LogP contribution is 2.27. The highest BCUT2D eigenvalue weighted by atomic mass is 19.3. The summed E-state index contributed by atoms with van der Waals surface area (Å²) in [7, 11) is 0. The zero-order chi connectivity index (χ0) is 12.7. The van der Waals surface area contributed by atoms with Gasteiger partial charge in [-0.15, -0.1) is 0 Å². The lowest BCUT2D eigenvalue weighted by atomic mass is 9.95. The SMILES string of the molecule is CCCC1CCCC(NCC(F)(F)CO)CC1. The Bertz CT molecular complexity index is 212. The van der Waals surface area contributed by atoms with Crippen LogP contribution in [0.2, 0.25) is 0 Å². The minimum atomic E-state index is -2.98. The second-order valence-corrected chi connectivity index (χ2v) is 5.25. The molecular weight excluding hydrogens is 224 g/mol. The molecule has 1 rings (SSSR count). The normalized spacial score (nSPS) is 26.8. The smallest absolute Gasteiger partial charge is 0.282 e. The van der Waals surface area contributed by atoms with Crippen LogP contribution in [0.4, 0.5) is 8.78 Å². The number of aliphatic hydroxyl groups is 1. The van der Waals surface area contributed by atoms with Gasteiger partial charge in [-0.3, -0.25) is 0 Å². The summed E-state index contributed by atoms with van der Waals surface area (Å²) in [5.74, 6) is -2.19. The first-order valence-electron chi connectivity index (χ1n) is 6.79. The fourth-order valence-corrected chi connectivity index (χ4v) is 2.63. The molecule has 0 amide bonds. The van der Waals surface area contributed by atoms with E-state index in [1.54, 1.807) is 0 Å². The van der Waals surface area contributed by atoms with Gasteiger partial charge in [-0.1, -0.05) is 32.6 Å². The van der Waals surface area contributed by atoms with Gasteiger partial charge in [0.05, 0.1) is 6.54 Å². The standard InChI is InChI=1S/C13H25F2NO/c1-2-4-11-5-3-6-12(8-7-11)16-9-13(14,15)10-17/h11-12,16-17H,2-10H2,1H3. The summed E-state index contributed by atoms with van der Waals surface area (Å²) in [6.45, 7) is 0.736. The van der Waals surface area contributed by atoms with Crippen molar-refractivity contribution in [3.05, 3.63) is 0 Å². The molecule has 0 radical (unpaired) electrons. The van der Waals surface area contributed by atoms with Gasteiger partial charge in [0.25, 0.3) is 5.92 Å². The van der Waals surface area contributed by atoms with E-state index in [2.05, 4.69) is 12.2 Å². The Balaban J connectivity index is 2.27. The number of halogens is 2. The predicted molar refractivity (Wildman–Crippen MR) is 65.3 cm³/mol. The molecule has 2 unspecified atom stereocenters. The zero-order valence-corrected chi connectivity index (χ0v) is 10.7. The third-order valence-electron chi connectivity index (χ3n) is 3.67. The summed E-state index contributed by atoms with van der Waals surface area (Å²) in [5.41, 5.74) is 0. The van der Waals surface area contributed by atoms with Crippen molar-refractivity contribution in [2.45, 2.75) is 63.8 Å². The molecule has 2 N–H and O–H groups in total. The molecule has 0 spiro atoms. The predicted octanol–water partition coefficient (Wildman–Crippen LogP) is 2.95. The first-order chi connectivity index (χ1) is 8.07. The van der Waals surface area contributed by atoms with E-state index in [1.807, 2.05) is 0 Å². The molecule has 1 aliphatic rings. The van der Waals surface area contributed by atoms with Gasteiger partial charge in [0.15, 0.2) is 0 Å². The Morgan fingerprint density at radius 3 is 2.65 bits per heavy atom. The van der Waals surface area contributed by atoms with E-state index < -0.39 is 19.1 Å². The Morgan fingerprint density at radius 2 is 2.00 bits per heavy atom. The van der Waals surface area contributed by atoms with Gasteiger partial charge in [-0.05, 0) is 25.2 Å². The van der Waals surface area contributed by atoms with Crippen LogP contribution in [-0.2, 0) is 0 Å². The number of hydrogen-bond donors (Lipinski definition) is 2. The van der Waals surface area contributed by atoms with Crippen LogP contribution in [0.5, 0.6) is 0 Å². The summed E-state index contributed by atoms with van der Waals surface area (Å²) in [6.07, 6.45) is 7.98. The molecule has 17 heavy (non-hydrogen) atoms. The van der Waals surface area contributed by atoms with Crippen LogP contribution in [0.15, 0.2) is 0 Å². The van der Waals surface area contributed by atoms with Gasteiger partial charge in [-0.25, -0.2) is 8.78 Å². The number of aliphatic hydroxyl groups excluding tert-OH is 1. The summed E-state index contributed by atoms with van der Waals surface area (Å²) in [6, 6.07) is 0.203. The first kappa shape index (κ1) is 14.8. The van der Waals surface area contributed by atoms with Crippen molar-refractivity contribution in [3.8, 4) is 0 Å². The second kappa shape index (κ2) is 7.27. The van der Waals surface area contributed by atoms with Gasteiger partial charge < -0.3 is 10.4 Å². The second-order valence-electron chi connectivity index (χ2n) is 5.25. The molecule has 1 fully saturated rings. The van der Waals surface area contributed by atoms with E-state index in [4.69, 9.17) is 5.11 Å². The van der Waals surface area contributed by atoms with Crippen LogP contribution in [0.1, 0.15) is 51.9 Å². The molecule has 0 saturated heterocycles. The summed E-state index contributed by atoms with van der Waals surface area (Å²) in [4.78, 5) is 0. The average Bonchev–Trinajstić information content (AvgIpc) is 2.53. The lowest BCUT2D eigenvalue weighted by Crippen LogP contribution is -2.41. The molecule has 0 aliphatic heterocycles. The van der Waals surface area contributed by atoms with Crippen molar-refractivity contribution in [2.24, 2.45) is 5.92 Å². The molecule has 2 atom stereocenters. The minimum absolute atomic E-state index is 0.203. The number of nitrogens with one attached hydrogen (secondary N) is 1. The third kappa shape index (κ3) is 5.77. The fourth-order valence-electron chi connectivity index (χ4n) is 2.63. The maximum absolute atomic E-state index is 12.9. The topological polar surface area (TPSA) is 32.3 Å². The van der Waals surface area contributed by atoms with Crippen LogP contribution in [0.25, 0.3) is 0 Å². The maximum Gasteiger partial charge on any atom is 0.282 e. The van der Waals surface area contributed by atoms with E-state index in [0.717, 1.165) is 31.6 Å². The number of rotatable bonds is 6. The summed E-state index contributed by atoms with van der Waals surface area (Å²) < 4.78 is 25.8. The van der Waals surface area contributed by atoms with Crippen LogP contribution in [0, 0.1) is 5.92 Å². The molecule has 0 aromatic heterocycles. The fraction of sp³-hybridized carbons (Fsp3) is 1.00. The van der Waals surface area contributed by atoms with Crippen LogP contribution in [0.3, 0.4) is 0 Å². The monoisotopic (exact) mass is 249 g/mol. The highest BCUT2D eigenvalue weighted by molar-refractivity contribution is 4.78. The van der Waals surface area contributed by atoms with Crippen molar-refractivity contribution in [2.75, 3.05) is 13.2 Å². The Kier molecular flexibility index (Phi) is 6.34. The molecule has 4 heteroatoms. The minimum Gasteiger partial charge on any atom is -0.390 e. The average molecular weight is 249 g/mol. The van der Waals surface area contributed by atoms with Gasteiger partial charge in [0.1, 0.15) is 6.61 Å². The summed E-state index contributed by atoms with van der Waals surface area (Å²) >= 11 is 0. The van der Waals surface area contributed by atoms with Gasteiger partial charge in [0, 0.05) is 6.04 Å². The van der Waals surface area contributed by atoms with Gasteiger partial charge in [-0.2, -0.15) is 0 Å². The molecule has 2 nitrogen and oxygen atoms in total. The number of alkyl halides is 2. The van der Waals surface area contributed by atoms with Crippen molar-refractivity contribution in [1.82, 2.24) is 5.32 Å². The van der Waals surface area contributed by atoms with E-state index in [1.165, 1.54) is 19.3 Å². The van der Waals surface area contributed by atoms with Crippen LogP contribution < -0.4 is 5.32 Å². The number of hydrogen-bond acceptors (Lipinski definition) is 2. The lowest BCUT2D eigenvalue weighted by Gasteiger charge is -2.20. The van der Waals surface area contributed by atoms with E-state index >= 15 is 0 Å². The molecule has 0 aromatic rings. The van der Waals surface area contributed by atoms with Crippen molar-refractivity contribution >= 4 is 0 Å². The van der Waals surface area contributed by atoms with Gasteiger partial charge >= 0.3 is 0 Å². The third-order valence-corrected chi connectivity index (χ3v) is 3.67. The maximum atomic E-state index is 12.9. The van der Waals surface area contributed by atoms with E-state index in [-0.39, 0.29) is 6.04 Å². The van der Waals surface area contributed by atoms with Crippen LogP contribution >= 0.6 is 0 Å². The summed E-state index contributed by atoms with van der Waals surface area (Å²) in [5, 5.41) is 11.4. The largest absolute Gasteiger partial charge is 0.390 e. The molecule has 1 aliphatic carbocycles. The Morgan fingerprint density at radius 1 is 1.24 bits per heavy atom. The molecule has 1 saturated carbocycles. The lowest BCUT2D eigenvalue weighted by molar-refractivity contribution is -0.0495. The zero-order valence-electron chi connectivity index (χ0n) is 10.7. The Labute approximate surface area is 103 Å². The molecule has 0 heterocycles. The van der Waals surface area contributed by atoms with Crippen LogP contribution in [-0.4, -0.2) is 30.2 Å². The molecule has 0 bridgehead atoms. The Hall–Kier alpha value is -0.220. The van der Waals surface area contributed by atoms with Gasteiger partial charge in [0.2, 0.25) is 0 Å². The quantitative estimate of drug-likeness (QED) is 0.709. The van der Waals surface area contributed by atoms with Crippen molar-refractivity contribution in [3.63, 3.8) is 0 Å².